The molecular formula is C13H26N2O3S. The molecule has 0 spiro atoms. The second-order valence-corrected chi connectivity index (χ2v) is 8.01. The van der Waals surface area contributed by atoms with Crippen molar-refractivity contribution in [2.24, 2.45) is 5.92 Å². The molecule has 1 saturated carbocycles. The molecule has 0 radical (unpaired) electrons. The fourth-order valence-corrected chi connectivity index (χ4v) is 4.71. The minimum Gasteiger partial charge on any atom is -0.391 e. The Kier molecular flexibility index (Phi) is 4.87. The third kappa shape index (κ3) is 3.29. The van der Waals surface area contributed by atoms with Gasteiger partial charge in [-0.15, -0.1) is 0 Å². The third-order valence-electron chi connectivity index (χ3n) is 4.59. The average Bonchev–Trinajstić information content (AvgIpc) is 2.39. The summed E-state index contributed by atoms with van der Waals surface area (Å²) in [6, 6.07) is -0.252. The Bertz CT molecular complexity index is 391. The maximum absolute atomic E-state index is 12.6. The van der Waals surface area contributed by atoms with Crippen molar-refractivity contribution in [2.75, 3.05) is 20.1 Å². The maximum atomic E-state index is 12.6. The van der Waals surface area contributed by atoms with Crippen LogP contribution in [0.1, 0.15) is 45.4 Å². The molecule has 2 atom stereocenters. The largest absolute Gasteiger partial charge is 0.391 e. The van der Waals surface area contributed by atoms with Crippen LogP contribution < -0.4 is 0 Å². The van der Waals surface area contributed by atoms with Gasteiger partial charge in [0.15, 0.2) is 0 Å². The van der Waals surface area contributed by atoms with Gasteiger partial charge in [-0.05, 0) is 31.6 Å². The summed E-state index contributed by atoms with van der Waals surface area (Å²) in [7, 11) is -1.79. The van der Waals surface area contributed by atoms with E-state index in [1.807, 2.05) is 0 Å². The number of rotatable bonds is 3. The normalized spacial score (nSPS) is 31.8. The Morgan fingerprint density at radius 2 is 1.68 bits per heavy atom. The Labute approximate surface area is 116 Å². The highest BCUT2D eigenvalue weighted by atomic mass is 32.2. The van der Waals surface area contributed by atoms with E-state index >= 15 is 0 Å². The first kappa shape index (κ1) is 15.2. The van der Waals surface area contributed by atoms with Crippen molar-refractivity contribution in [2.45, 2.75) is 57.6 Å². The van der Waals surface area contributed by atoms with Crippen molar-refractivity contribution in [1.29, 1.82) is 0 Å². The summed E-state index contributed by atoms with van der Waals surface area (Å²) < 4.78 is 28.1. The summed E-state index contributed by atoms with van der Waals surface area (Å²) in [4.78, 5) is 0. The third-order valence-corrected chi connectivity index (χ3v) is 6.61. The number of aliphatic hydroxyl groups excluding tert-OH is 1. The Balaban J connectivity index is 2.05. The van der Waals surface area contributed by atoms with E-state index in [4.69, 9.17) is 0 Å². The lowest BCUT2D eigenvalue weighted by Crippen LogP contribution is -2.53. The van der Waals surface area contributed by atoms with Gasteiger partial charge < -0.3 is 5.11 Å². The summed E-state index contributed by atoms with van der Waals surface area (Å²) in [6.45, 7) is 3.38. The molecular weight excluding hydrogens is 264 g/mol. The first-order valence-electron chi connectivity index (χ1n) is 7.34. The van der Waals surface area contributed by atoms with E-state index in [-0.39, 0.29) is 6.04 Å². The standard InChI is InChI=1S/C13H26N2O3S/c1-11-7-9-15(10-8-11)19(17,18)14(2)12-5-3-4-6-13(12)16/h11-13,16H,3-10H2,1-2H3. The summed E-state index contributed by atoms with van der Waals surface area (Å²) >= 11 is 0. The van der Waals surface area contributed by atoms with E-state index in [1.165, 1.54) is 4.31 Å². The van der Waals surface area contributed by atoms with Crippen molar-refractivity contribution in [3.05, 3.63) is 0 Å². The first-order valence-corrected chi connectivity index (χ1v) is 8.74. The molecule has 2 fully saturated rings. The Morgan fingerprint density at radius 1 is 1.11 bits per heavy atom. The van der Waals surface area contributed by atoms with Crippen LogP contribution in [0.3, 0.4) is 0 Å². The zero-order valence-corrected chi connectivity index (χ0v) is 12.8. The lowest BCUT2D eigenvalue weighted by molar-refractivity contribution is 0.0607. The van der Waals surface area contributed by atoms with Gasteiger partial charge in [-0.1, -0.05) is 19.8 Å². The molecule has 5 nitrogen and oxygen atoms in total. The maximum Gasteiger partial charge on any atom is 0.282 e. The summed E-state index contributed by atoms with van der Waals surface area (Å²) in [6.07, 6.45) is 4.81. The molecule has 2 unspecified atom stereocenters. The molecule has 0 amide bonds. The quantitative estimate of drug-likeness (QED) is 0.849. The van der Waals surface area contributed by atoms with Gasteiger partial charge in [0.05, 0.1) is 12.1 Å². The van der Waals surface area contributed by atoms with Crippen LogP contribution in [0.4, 0.5) is 0 Å². The minimum absolute atomic E-state index is 0.252. The Hall–Kier alpha value is -0.170. The molecule has 19 heavy (non-hydrogen) atoms. The zero-order valence-electron chi connectivity index (χ0n) is 12.0. The Morgan fingerprint density at radius 3 is 2.26 bits per heavy atom. The van der Waals surface area contributed by atoms with Crippen LogP contribution in [-0.4, -0.2) is 54.4 Å². The van der Waals surface area contributed by atoms with Crippen LogP contribution in [-0.2, 0) is 10.2 Å². The van der Waals surface area contributed by atoms with Crippen LogP contribution >= 0.6 is 0 Å². The van der Waals surface area contributed by atoms with Gasteiger partial charge in [0, 0.05) is 20.1 Å². The molecule has 2 aliphatic rings. The molecule has 112 valence electrons. The minimum atomic E-state index is -3.41. The molecule has 0 aromatic heterocycles. The van der Waals surface area contributed by atoms with E-state index in [0.29, 0.717) is 25.4 Å². The van der Waals surface area contributed by atoms with Crippen molar-refractivity contribution in [1.82, 2.24) is 8.61 Å². The van der Waals surface area contributed by atoms with Crippen LogP contribution in [0.2, 0.25) is 0 Å². The van der Waals surface area contributed by atoms with E-state index < -0.39 is 16.3 Å². The SMILES string of the molecule is CC1CCN(S(=O)(=O)N(C)C2CCCCC2O)CC1. The molecule has 0 bridgehead atoms. The molecule has 6 heteroatoms. The van der Waals surface area contributed by atoms with E-state index in [1.54, 1.807) is 11.4 Å². The number of likely N-dealkylation sites (N-methyl/N-ethyl adjacent to an activating group) is 1. The number of nitrogens with zero attached hydrogens (tertiary/aromatic N) is 2. The van der Waals surface area contributed by atoms with Crippen molar-refractivity contribution in [3.63, 3.8) is 0 Å². The number of hydrogen-bond acceptors (Lipinski definition) is 3. The van der Waals surface area contributed by atoms with Gasteiger partial charge in [0.1, 0.15) is 0 Å². The smallest absolute Gasteiger partial charge is 0.282 e. The summed E-state index contributed by atoms with van der Waals surface area (Å²) in [5.41, 5.74) is 0. The number of hydrogen-bond donors (Lipinski definition) is 1. The van der Waals surface area contributed by atoms with E-state index in [0.717, 1.165) is 32.1 Å². The second kappa shape index (κ2) is 6.08. The summed E-state index contributed by atoms with van der Waals surface area (Å²) in [5, 5.41) is 10.0. The van der Waals surface area contributed by atoms with Crippen LogP contribution in [0, 0.1) is 5.92 Å². The van der Waals surface area contributed by atoms with Gasteiger partial charge in [-0.25, -0.2) is 0 Å². The highest BCUT2D eigenvalue weighted by molar-refractivity contribution is 7.86. The summed E-state index contributed by atoms with van der Waals surface area (Å²) in [5.74, 6) is 0.608. The van der Waals surface area contributed by atoms with E-state index in [2.05, 4.69) is 6.92 Å². The fraction of sp³-hybridized carbons (Fsp3) is 1.00. The molecule has 1 N–H and O–H groups in total. The molecule has 1 aliphatic heterocycles. The van der Waals surface area contributed by atoms with Crippen LogP contribution in [0.25, 0.3) is 0 Å². The molecule has 0 aromatic carbocycles. The average molecular weight is 290 g/mol. The van der Waals surface area contributed by atoms with Crippen molar-refractivity contribution >= 4 is 10.2 Å². The van der Waals surface area contributed by atoms with Gasteiger partial charge >= 0.3 is 0 Å². The molecule has 1 heterocycles. The van der Waals surface area contributed by atoms with Gasteiger partial charge in [-0.3, -0.25) is 0 Å². The lowest BCUT2D eigenvalue weighted by Gasteiger charge is -2.38. The first-order chi connectivity index (χ1) is 8.93. The molecule has 2 rings (SSSR count). The van der Waals surface area contributed by atoms with Crippen molar-refractivity contribution in [3.8, 4) is 0 Å². The zero-order chi connectivity index (χ0) is 14.0. The highest BCUT2D eigenvalue weighted by Crippen LogP contribution is 2.27. The van der Waals surface area contributed by atoms with Crippen molar-refractivity contribution < 1.29 is 13.5 Å². The fourth-order valence-electron chi connectivity index (χ4n) is 3.08. The molecule has 1 aliphatic carbocycles. The second-order valence-electron chi connectivity index (χ2n) is 6.02. The number of piperidine rings is 1. The predicted molar refractivity (Wildman–Crippen MR) is 74.9 cm³/mol. The van der Waals surface area contributed by atoms with Gasteiger partial charge in [0.25, 0.3) is 10.2 Å². The monoisotopic (exact) mass is 290 g/mol. The van der Waals surface area contributed by atoms with Gasteiger partial charge in [0.2, 0.25) is 0 Å². The lowest BCUT2D eigenvalue weighted by atomic mass is 9.93. The van der Waals surface area contributed by atoms with E-state index in [9.17, 15) is 13.5 Å². The predicted octanol–water partition coefficient (Wildman–Crippen LogP) is 1.20. The van der Waals surface area contributed by atoms with Crippen LogP contribution in [0.5, 0.6) is 0 Å². The molecule has 1 saturated heterocycles. The highest BCUT2D eigenvalue weighted by Gasteiger charge is 2.37. The topological polar surface area (TPSA) is 60.9 Å². The van der Waals surface area contributed by atoms with Gasteiger partial charge in [-0.2, -0.15) is 17.0 Å². The number of aliphatic hydroxyl groups is 1. The van der Waals surface area contributed by atoms with Crippen LogP contribution in [0.15, 0.2) is 0 Å². The molecule has 0 aromatic rings.